The Bertz CT molecular complexity index is 1610. The van der Waals surface area contributed by atoms with Crippen molar-refractivity contribution < 1.29 is 32.3 Å². The first kappa shape index (κ1) is 28.0. The lowest BCUT2D eigenvalue weighted by atomic mass is 9.94. The third-order valence-electron chi connectivity index (χ3n) is 7.28. The lowest BCUT2D eigenvalue weighted by Crippen LogP contribution is -2.59. The van der Waals surface area contributed by atoms with Crippen LogP contribution in [0.3, 0.4) is 0 Å². The van der Waals surface area contributed by atoms with Gasteiger partial charge in [0.1, 0.15) is 11.4 Å². The van der Waals surface area contributed by atoms with Crippen LogP contribution in [0.4, 0.5) is 0 Å². The minimum Gasteiger partial charge on any atom is -0.458 e. The number of esters is 2. The van der Waals surface area contributed by atoms with E-state index in [0.717, 1.165) is 4.90 Å². The zero-order valence-corrected chi connectivity index (χ0v) is 23.3. The molecule has 3 heterocycles. The van der Waals surface area contributed by atoms with Crippen LogP contribution in [0.1, 0.15) is 47.1 Å². The van der Waals surface area contributed by atoms with Gasteiger partial charge in [0, 0.05) is 6.20 Å². The van der Waals surface area contributed by atoms with Gasteiger partial charge in [-0.3, -0.25) is 9.78 Å². The quantitative estimate of drug-likeness (QED) is 0.173. The highest BCUT2D eigenvalue weighted by molar-refractivity contribution is 7.94. The normalized spacial score (nSPS) is 21.2. The van der Waals surface area contributed by atoms with Crippen LogP contribution in [0.25, 0.3) is 6.08 Å². The highest BCUT2D eigenvalue weighted by Crippen LogP contribution is 2.49. The standard InChI is InChI=1S/C31H28N2O7S/c1-4-17-39-29(35)22-15-16-32-23(18-22)19-24-27(34)33-26(31(2,3)41(37,38)28(24)33)30(36)40-25(20-11-7-5-8-12-20)21-13-9-6-10-14-21/h4-16,18-19,25-26,28H,1,17H2,2-3H3/b24-19-/t26-,28?/m0/s1. The Balaban J connectivity index is 1.46. The number of hydrogen-bond acceptors (Lipinski definition) is 8. The van der Waals surface area contributed by atoms with E-state index in [1.165, 1.54) is 44.3 Å². The van der Waals surface area contributed by atoms with Crippen molar-refractivity contribution in [2.75, 3.05) is 6.61 Å². The summed E-state index contributed by atoms with van der Waals surface area (Å²) in [6, 6.07) is 19.7. The summed E-state index contributed by atoms with van der Waals surface area (Å²) in [6.45, 7) is 6.37. The largest absolute Gasteiger partial charge is 0.458 e. The van der Waals surface area contributed by atoms with Gasteiger partial charge in [-0.15, -0.1) is 0 Å². The van der Waals surface area contributed by atoms with E-state index in [-0.39, 0.29) is 23.4 Å². The molecule has 0 saturated carbocycles. The fourth-order valence-electron chi connectivity index (χ4n) is 5.12. The minimum atomic E-state index is -4.06. The highest BCUT2D eigenvalue weighted by Gasteiger charge is 2.70. The minimum absolute atomic E-state index is 0.0211. The number of fused-ring (bicyclic) bond motifs is 1. The molecule has 2 saturated heterocycles. The van der Waals surface area contributed by atoms with E-state index in [1.54, 1.807) is 0 Å². The number of ether oxygens (including phenoxy) is 2. The molecule has 2 aliphatic heterocycles. The van der Waals surface area contributed by atoms with E-state index in [9.17, 15) is 22.8 Å². The van der Waals surface area contributed by atoms with Crippen molar-refractivity contribution in [2.45, 2.75) is 36.1 Å². The molecule has 5 rings (SSSR count). The first-order valence-corrected chi connectivity index (χ1v) is 14.4. The summed E-state index contributed by atoms with van der Waals surface area (Å²) in [6.07, 6.45) is 3.31. The third kappa shape index (κ3) is 4.84. The van der Waals surface area contributed by atoms with Crippen molar-refractivity contribution in [3.63, 3.8) is 0 Å². The molecule has 210 valence electrons. The molecule has 0 spiro atoms. The van der Waals surface area contributed by atoms with Gasteiger partial charge in [0.2, 0.25) is 0 Å². The van der Waals surface area contributed by atoms with Crippen molar-refractivity contribution in [1.82, 2.24) is 9.88 Å². The van der Waals surface area contributed by atoms with Crippen molar-refractivity contribution in [2.24, 2.45) is 0 Å². The Kier molecular flexibility index (Phi) is 7.35. The number of amides is 1. The molecule has 1 unspecified atom stereocenters. The maximum absolute atomic E-state index is 13.7. The maximum Gasteiger partial charge on any atom is 0.338 e. The lowest BCUT2D eigenvalue weighted by molar-refractivity contribution is -0.160. The zero-order chi connectivity index (χ0) is 29.4. The van der Waals surface area contributed by atoms with Gasteiger partial charge in [-0.25, -0.2) is 18.0 Å². The van der Waals surface area contributed by atoms with Crippen LogP contribution >= 0.6 is 0 Å². The molecule has 2 atom stereocenters. The van der Waals surface area contributed by atoms with Crippen LogP contribution < -0.4 is 0 Å². The third-order valence-corrected chi connectivity index (χ3v) is 10.0. The lowest BCUT2D eigenvalue weighted by Gasteiger charge is -2.38. The number of aromatic nitrogens is 1. The SMILES string of the molecule is C=CCOC(=O)c1ccnc(/C=C2/C(=O)N3C2S(=O)(=O)C(C)(C)[C@@H]3C(=O)OC(c2ccccc2)c2ccccc2)c1. The van der Waals surface area contributed by atoms with Crippen LogP contribution in [0, 0.1) is 0 Å². The molecule has 2 aliphatic rings. The Morgan fingerprint density at radius 1 is 1.05 bits per heavy atom. The number of benzene rings is 2. The second-order valence-electron chi connectivity index (χ2n) is 10.2. The van der Waals surface area contributed by atoms with Gasteiger partial charge in [-0.2, -0.15) is 0 Å². The first-order chi connectivity index (χ1) is 19.6. The maximum atomic E-state index is 13.7. The highest BCUT2D eigenvalue weighted by atomic mass is 32.2. The molecule has 41 heavy (non-hydrogen) atoms. The molecule has 0 N–H and O–H groups in total. The fraction of sp³-hybridized carbons (Fsp3) is 0.226. The summed E-state index contributed by atoms with van der Waals surface area (Å²) in [5.41, 5.74) is 1.75. The molecule has 10 heteroatoms. The number of carbonyl (C=O) groups is 3. The van der Waals surface area contributed by atoms with Crippen molar-refractivity contribution >= 4 is 33.8 Å². The van der Waals surface area contributed by atoms with E-state index >= 15 is 0 Å². The molecule has 1 aromatic heterocycles. The van der Waals surface area contributed by atoms with Crippen LogP contribution in [-0.2, 0) is 28.9 Å². The molecule has 0 radical (unpaired) electrons. The zero-order valence-electron chi connectivity index (χ0n) is 22.5. The van der Waals surface area contributed by atoms with Gasteiger partial charge in [0.15, 0.2) is 27.4 Å². The number of pyridine rings is 1. The van der Waals surface area contributed by atoms with Crippen LogP contribution in [0.5, 0.6) is 0 Å². The summed E-state index contributed by atoms with van der Waals surface area (Å²) < 4.78 is 36.8. The molecule has 0 bridgehead atoms. The van der Waals surface area contributed by atoms with Gasteiger partial charge >= 0.3 is 11.9 Å². The summed E-state index contributed by atoms with van der Waals surface area (Å²) in [4.78, 5) is 44.6. The smallest absolute Gasteiger partial charge is 0.338 e. The summed E-state index contributed by atoms with van der Waals surface area (Å²) in [5, 5.41) is -1.35. The molecule has 1 amide bonds. The Labute approximate surface area is 238 Å². The van der Waals surface area contributed by atoms with Gasteiger partial charge in [-0.1, -0.05) is 73.3 Å². The molecule has 0 aliphatic carbocycles. The second kappa shape index (κ2) is 10.8. The summed E-state index contributed by atoms with van der Waals surface area (Å²) >= 11 is 0. The van der Waals surface area contributed by atoms with Crippen molar-refractivity contribution in [3.05, 3.63) is 120 Å². The number of nitrogens with zero attached hydrogens (tertiary/aromatic N) is 2. The van der Waals surface area contributed by atoms with Crippen LogP contribution in [-0.4, -0.2) is 58.9 Å². The van der Waals surface area contributed by atoms with E-state index in [1.807, 2.05) is 60.7 Å². The number of β-lactam (4-membered cyclic amide) rings is 1. The van der Waals surface area contributed by atoms with Crippen LogP contribution in [0.2, 0.25) is 0 Å². The Morgan fingerprint density at radius 3 is 2.24 bits per heavy atom. The molecule has 2 fully saturated rings. The summed E-state index contributed by atoms with van der Waals surface area (Å²) in [5.74, 6) is -2.06. The first-order valence-electron chi connectivity index (χ1n) is 12.9. The average Bonchev–Trinajstić information content (AvgIpc) is 3.13. The van der Waals surface area contributed by atoms with Crippen molar-refractivity contribution in [1.29, 1.82) is 0 Å². The molecular weight excluding hydrogens is 544 g/mol. The number of sulfone groups is 1. The van der Waals surface area contributed by atoms with E-state index in [2.05, 4.69) is 11.6 Å². The van der Waals surface area contributed by atoms with Gasteiger partial charge in [0.25, 0.3) is 5.91 Å². The van der Waals surface area contributed by atoms with E-state index < -0.39 is 49.9 Å². The predicted octanol–water partition coefficient (Wildman–Crippen LogP) is 3.88. The number of rotatable bonds is 8. The van der Waals surface area contributed by atoms with Crippen LogP contribution in [0.15, 0.2) is 97.2 Å². The summed E-state index contributed by atoms with van der Waals surface area (Å²) in [7, 11) is -4.06. The molecule has 2 aromatic carbocycles. The van der Waals surface area contributed by atoms with E-state index in [4.69, 9.17) is 9.47 Å². The van der Waals surface area contributed by atoms with Crippen molar-refractivity contribution in [3.8, 4) is 0 Å². The van der Waals surface area contributed by atoms with E-state index in [0.29, 0.717) is 11.1 Å². The molecular formula is C31H28N2O7S. The topological polar surface area (TPSA) is 120 Å². The Hall–Kier alpha value is -4.57. The average molecular weight is 573 g/mol. The second-order valence-corrected chi connectivity index (χ2v) is 12.8. The van der Waals surface area contributed by atoms with Gasteiger partial charge in [0.05, 0.1) is 16.8 Å². The molecule has 3 aromatic rings. The number of carbonyl (C=O) groups excluding carboxylic acids is 3. The number of hydrogen-bond donors (Lipinski definition) is 0. The Morgan fingerprint density at radius 2 is 1.66 bits per heavy atom. The molecule has 9 nitrogen and oxygen atoms in total. The monoisotopic (exact) mass is 572 g/mol. The van der Waals surface area contributed by atoms with Gasteiger partial charge in [-0.05, 0) is 43.2 Å². The fourth-order valence-corrected chi connectivity index (χ4v) is 7.24. The van der Waals surface area contributed by atoms with Gasteiger partial charge < -0.3 is 14.4 Å². The predicted molar refractivity (Wildman–Crippen MR) is 151 cm³/mol.